The predicted molar refractivity (Wildman–Crippen MR) is 67.0 cm³/mol. The SMILES string of the molecule is CCCC(CBr)CN1CC(C)CC1C. The van der Waals surface area contributed by atoms with Gasteiger partial charge in [-0.15, -0.1) is 0 Å². The average molecular weight is 262 g/mol. The van der Waals surface area contributed by atoms with Crippen molar-refractivity contribution in [2.45, 2.75) is 46.1 Å². The lowest BCUT2D eigenvalue weighted by Crippen LogP contribution is -2.33. The van der Waals surface area contributed by atoms with Gasteiger partial charge in [0.2, 0.25) is 0 Å². The van der Waals surface area contributed by atoms with Crippen molar-refractivity contribution >= 4 is 15.9 Å². The van der Waals surface area contributed by atoms with E-state index < -0.39 is 0 Å². The molecule has 3 atom stereocenters. The minimum Gasteiger partial charge on any atom is -0.300 e. The van der Waals surface area contributed by atoms with Gasteiger partial charge in [-0.3, -0.25) is 0 Å². The van der Waals surface area contributed by atoms with Crippen LogP contribution in [0, 0.1) is 11.8 Å². The van der Waals surface area contributed by atoms with Gasteiger partial charge in [0.25, 0.3) is 0 Å². The van der Waals surface area contributed by atoms with E-state index in [1.54, 1.807) is 0 Å². The molecule has 1 fully saturated rings. The van der Waals surface area contributed by atoms with Crippen LogP contribution >= 0.6 is 15.9 Å². The van der Waals surface area contributed by atoms with Crippen LogP contribution in [0.15, 0.2) is 0 Å². The summed E-state index contributed by atoms with van der Waals surface area (Å²) in [6.45, 7) is 9.64. The third-order valence-electron chi connectivity index (χ3n) is 3.32. The van der Waals surface area contributed by atoms with Crippen LogP contribution in [-0.2, 0) is 0 Å². The Hall–Kier alpha value is 0.440. The minimum atomic E-state index is 0.809. The summed E-state index contributed by atoms with van der Waals surface area (Å²) in [6, 6.07) is 0.809. The van der Waals surface area contributed by atoms with Gasteiger partial charge in [0.1, 0.15) is 0 Å². The van der Waals surface area contributed by atoms with Crippen molar-refractivity contribution in [3.63, 3.8) is 0 Å². The maximum Gasteiger partial charge on any atom is 0.00718 e. The Kier molecular flexibility index (Phi) is 5.47. The lowest BCUT2D eigenvalue weighted by atomic mass is 10.1. The number of rotatable bonds is 5. The molecule has 84 valence electrons. The number of nitrogens with zero attached hydrogens (tertiary/aromatic N) is 1. The number of hydrogen-bond acceptors (Lipinski definition) is 1. The summed E-state index contributed by atoms with van der Waals surface area (Å²) in [6.07, 6.45) is 4.07. The predicted octanol–water partition coefficient (Wildman–Crippen LogP) is 3.53. The highest BCUT2D eigenvalue weighted by Crippen LogP contribution is 2.24. The zero-order valence-corrected chi connectivity index (χ0v) is 11.4. The molecule has 14 heavy (non-hydrogen) atoms. The molecule has 0 aromatic heterocycles. The first kappa shape index (κ1) is 12.5. The second-order valence-corrected chi connectivity index (χ2v) is 5.60. The van der Waals surface area contributed by atoms with E-state index in [-0.39, 0.29) is 0 Å². The number of halogens is 1. The van der Waals surface area contributed by atoms with Crippen molar-refractivity contribution in [1.29, 1.82) is 0 Å². The molecule has 1 rings (SSSR count). The van der Waals surface area contributed by atoms with Crippen LogP contribution in [0.5, 0.6) is 0 Å². The molecule has 0 N–H and O–H groups in total. The van der Waals surface area contributed by atoms with E-state index in [4.69, 9.17) is 0 Å². The first-order chi connectivity index (χ1) is 6.67. The largest absolute Gasteiger partial charge is 0.300 e. The molecule has 1 nitrogen and oxygen atoms in total. The average Bonchev–Trinajstić information content (AvgIpc) is 2.44. The molecule has 0 radical (unpaired) electrons. The molecular formula is C12H24BrN. The molecular weight excluding hydrogens is 238 g/mol. The topological polar surface area (TPSA) is 3.24 Å². The molecule has 1 aliphatic rings. The highest BCUT2D eigenvalue weighted by Gasteiger charge is 2.27. The summed E-state index contributed by atoms with van der Waals surface area (Å²) in [4.78, 5) is 2.67. The van der Waals surface area contributed by atoms with E-state index in [1.807, 2.05) is 0 Å². The monoisotopic (exact) mass is 261 g/mol. The van der Waals surface area contributed by atoms with Crippen LogP contribution in [0.1, 0.15) is 40.0 Å². The molecule has 1 heterocycles. The lowest BCUT2D eigenvalue weighted by Gasteiger charge is -2.25. The zero-order chi connectivity index (χ0) is 10.6. The van der Waals surface area contributed by atoms with Crippen molar-refractivity contribution in [3.8, 4) is 0 Å². The summed E-state index contributed by atoms with van der Waals surface area (Å²) in [5, 5.41) is 1.17. The van der Waals surface area contributed by atoms with Crippen molar-refractivity contribution in [3.05, 3.63) is 0 Å². The van der Waals surface area contributed by atoms with Crippen molar-refractivity contribution in [2.24, 2.45) is 11.8 Å². The van der Waals surface area contributed by atoms with Crippen molar-refractivity contribution in [1.82, 2.24) is 4.90 Å². The van der Waals surface area contributed by atoms with Gasteiger partial charge in [-0.2, -0.15) is 0 Å². The Morgan fingerprint density at radius 1 is 1.43 bits per heavy atom. The first-order valence-electron chi connectivity index (χ1n) is 5.97. The highest BCUT2D eigenvalue weighted by molar-refractivity contribution is 9.09. The van der Waals surface area contributed by atoms with Crippen molar-refractivity contribution in [2.75, 3.05) is 18.4 Å². The minimum absolute atomic E-state index is 0.809. The van der Waals surface area contributed by atoms with Gasteiger partial charge in [0.05, 0.1) is 0 Å². The van der Waals surface area contributed by atoms with E-state index in [0.29, 0.717) is 0 Å². The van der Waals surface area contributed by atoms with Gasteiger partial charge in [-0.1, -0.05) is 36.2 Å². The van der Waals surface area contributed by atoms with E-state index >= 15 is 0 Å². The van der Waals surface area contributed by atoms with Gasteiger partial charge in [0.15, 0.2) is 0 Å². The Labute approximate surface area is 97.4 Å². The van der Waals surface area contributed by atoms with Crippen LogP contribution in [-0.4, -0.2) is 29.4 Å². The van der Waals surface area contributed by atoms with Gasteiger partial charge in [-0.25, -0.2) is 0 Å². The van der Waals surface area contributed by atoms with E-state index in [0.717, 1.165) is 17.9 Å². The maximum absolute atomic E-state index is 3.63. The zero-order valence-electron chi connectivity index (χ0n) is 9.80. The third kappa shape index (κ3) is 3.54. The Morgan fingerprint density at radius 2 is 2.14 bits per heavy atom. The normalized spacial score (nSPS) is 30.9. The summed E-state index contributed by atoms with van der Waals surface area (Å²) in [5.41, 5.74) is 0. The second-order valence-electron chi connectivity index (χ2n) is 4.95. The summed E-state index contributed by atoms with van der Waals surface area (Å²) in [5.74, 6) is 1.76. The fourth-order valence-electron chi connectivity index (χ4n) is 2.60. The quantitative estimate of drug-likeness (QED) is 0.685. The molecule has 2 heteroatoms. The van der Waals surface area contributed by atoms with E-state index in [2.05, 4.69) is 41.6 Å². The highest BCUT2D eigenvalue weighted by atomic mass is 79.9. The van der Waals surface area contributed by atoms with E-state index in [9.17, 15) is 0 Å². The summed E-state index contributed by atoms with van der Waals surface area (Å²) < 4.78 is 0. The molecule has 0 aromatic carbocycles. The lowest BCUT2D eigenvalue weighted by molar-refractivity contribution is 0.226. The fourth-order valence-corrected chi connectivity index (χ4v) is 3.13. The Balaban J connectivity index is 2.34. The third-order valence-corrected chi connectivity index (χ3v) is 4.24. The fraction of sp³-hybridized carbons (Fsp3) is 1.00. The van der Waals surface area contributed by atoms with Gasteiger partial charge in [0, 0.05) is 24.5 Å². The molecule has 0 aliphatic carbocycles. The Morgan fingerprint density at radius 3 is 2.57 bits per heavy atom. The number of hydrogen-bond donors (Lipinski definition) is 0. The number of likely N-dealkylation sites (tertiary alicyclic amines) is 1. The molecule has 1 aliphatic heterocycles. The molecule has 0 bridgehead atoms. The summed E-state index contributed by atoms with van der Waals surface area (Å²) >= 11 is 3.63. The van der Waals surface area contributed by atoms with Crippen LogP contribution < -0.4 is 0 Å². The smallest absolute Gasteiger partial charge is 0.00718 e. The van der Waals surface area contributed by atoms with Crippen molar-refractivity contribution < 1.29 is 0 Å². The second kappa shape index (κ2) is 6.12. The molecule has 3 unspecified atom stereocenters. The molecule has 0 amide bonds. The molecule has 1 saturated heterocycles. The molecule has 0 aromatic rings. The summed E-state index contributed by atoms with van der Waals surface area (Å²) in [7, 11) is 0. The standard InChI is InChI=1S/C12H24BrN/c1-4-5-12(7-13)9-14-8-10(2)6-11(14)3/h10-12H,4-9H2,1-3H3. The molecule has 0 spiro atoms. The van der Waals surface area contributed by atoms with Crippen LogP contribution in [0.3, 0.4) is 0 Å². The molecule has 0 saturated carbocycles. The van der Waals surface area contributed by atoms with Crippen LogP contribution in [0.4, 0.5) is 0 Å². The van der Waals surface area contributed by atoms with Gasteiger partial charge < -0.3 is 4.90 Å². The van der Waals surface area contributed by atoms with Crippen LogP contribution in [0.25, 0.3) is 0 Å². The number of alkyl halides is 1. The van der Waals surface area contributed by atoms with Crippen LogP contribution in [0.2, 0.25) is 0 Å². The first-order valence-corrected chi connectivity index (χ1v) is 7.09. The Bertz CT molecular complexity index is 160. The van der Waals surface area contributed by atoms with E-state index in [1.165, 1.54) is 37.7 Å². The maximum atomic E-state index is 3.63. The van der Waals surface area contributed by atoms with Gasteiger partial charge in [-0.05, 0) is 31.6 Å². The van der Waals surface area contributed by atoms with Gasteiger partial charge >= 0.3 is 0 Å².